The maximum absolute atomic E-state index is 3.64. The number of hydrogen-bond acceptors (Lipinski definition) is 2. The van der Waals surface area contributed by atoms with E-state index in [-0.39, 0.29) is 0 Å². The molecule has 2 aromatic heterocycles. The maximum Gasteiger partial charge on any atom is 0.0561 e. The Morgan fingerprint density at radius 1 is 0.193 bits per heavy atom. The van der Waals surface area contributed by atoms with Crippen molar-refractivity contribution in [3.05, 3.63) is 417 Å². The minimum atomic E-state index is 1.09. The van der Waals surface area contributed by atoms with Crippen LogP contribution in [0, 0.1) is 0 Å². The molecule has 2 heterocycles. The van der Waals surface area contributed by atoms with Gasteiger partial charge in [0.15, 0.2) is 0 Å². The first-order chi connectivity index (χ1) is 54.0. The van der Waals surface area contributed by atoms with Gasteiger partial charge in [0.1, 0.15) is 0 Å². The fourth-order valence-corrected chi connectivity index (χ4v) is 17.0. The molecular weight excluding hydrogens is 1390 g/mol. The molecule has 0 spiro atoms. The van der Waals surface area contributed by atoms with Crippen molar-refractivity contribution in [3.8, 4) is 33.6 Å². The molecule has 0 aliphatic heterocycles. The highest BCUT2D eigenvalue weighted by Crippen LogP contribution is 2.45. The summed E-state index contributed by atoms with van der Waals surface area (Å²) in [7, 11) is 0. The van der Waals surface area contributed by atoms with Crippen molar-refractivity contribution in [1.82, 2.24) is 9.13 Å². The van der Waals surface area contributed by atoms with E-state index in [4.69, 9.17) is 0 Å². The molecule has 0 amide bonds. The van der Waals surface area contributed by atoms with E-state index >= 15 is 0 Å². The van der Waals surface area contributed by atoms with Crippen molar-refractivity contribution in [1.29, 1.82) is 0 Å². The first kappa shape index (κ1) is 64.7. The normalized spacial score (nSPS) is 11.5. The van der Waals surface area contributed by atoms with Crippen LogP contribution < -0.4 is 10.2 Å². The molecule has 22 aromatic rings. The lowest BCUT2D eigenvalue weighted by Crippen LogP contribution is -2.10. The van der Waals surface area contributed by atoms with Gasteiger partial charge in [-0.1, -0.05) is 307 Å². The SMILES string of the molecule is Brc1ccc2c3ccccc3n(-c3ccc(-c4ccc5ccccc5c4)cc3)c2c1.c1ccc(N(c2ccc3c4ccccc4c4ccccc4c3c2)c2ccc3c4ccccc4n(-c4ccc(-c5ccc6ccccc6c5)cc4)c3c2)cc1.c1ccc(Nc2ccc3c4ccccc4c4ccccc4c3c2)cc1. The Balaban J connectivity index is 0.000000119. The number of benzene rings is 20. The molecular formula is C104H69BrN4. The van der Waals surface area contributed by atoms with Crippen molar-refractivity contribution in [2.45, 2.75) is 0 Å². The van der Waals surface area contributed by atoms with Gasteiger partial charge in [-0.2, -0.15) is 0 Å². The van der Waals surface area contributed by atoms with Crippen LogP contribution >= 0.6 is 15.9 Å². The van der Waals surface area contributed by atoms with Gasteiger partial charge in [0.25, 0.3) is 0 Å². The quantitative estimate of drug-likeness (QED) is 0.146. The highest BCUT2D eigenvalue weighted by Gasteiger charge is 2.21. The molecule has 512 valence electrons. The van der Waals surface area contributed by atoms with E-state index in [1.54, 1.807) is 0 Å². The second-order valence-corrected chi connectivity index (χ2v) is 29.0. The number of para-hydroxylation sites is 4. The molecule has 0 fully saturated rings. The minimum absolute atomic E-state index is 1.09. The Morgan fingerprint density at radius 2 is 0.532 bits per heavy atom. The van der Waals surface area contributed by atoms with Crippen LogP contribution in [0.25, 0.3) is 163 Å². The molecule has 20 aromatic carbocycles. The molecule has 5 heteroatoms. The van der Waals surface area contributed by atoms with Crippen molar-refractivity contribution in [3.63, 3.8) is 0 Å². The number of halogens is 1. The zero-order valence-corrected chi connectivity index (χ0v) is 61.1. The highest BCUT2D eigenvalue weighted by atomic mass is 79.9. The molecule has 0 saturated carbocycles. The lowest BCUT2D eigenvalue weighted by Gasteiger charge is -2.26. The maximum atomic E-state index is 3.64. The number of anilines is 5. The summed E-state index contributed by atoms with van der Waals surface area (Å²) in [5.74, 6) is 0. The number of fused-ring (bicyclic) bond motifs is 20. The number of rotatable bonds is 9. The van der Waals surface area contributed by atoms with Crippen LogP contribution in [0.15, 0.2) is 417 Å². The molecule has 109 heavy (non-hydrogen) atoms. The lowest BCUT2D eigenvalue weighted by molar-refractivity contribution is 1.18. The fraction of sp³-hybridized carbons (Fsp3) is 0. The Morgan fingerprint density at radius 3 is 1.02 bits per heavy atom. The number of aromatic nitrogens is 2. The molecule has 0 saturated heterocycles. The number of hydrogen-bond donors (Lipinski definition) is 1. The zero-order valence-electron chi connectivity index (χ0n) is 59.5. The molecule has 0 bridgehead atoms. The Bertz CT molecular complexity index is 7190. The van der Waals surface area contributed by atoms with Gasteiger partial charge in [-0.3, -0.25) is 0 Å². The third-order valence-corrected chi connectivity index (χ3v) is 22.3. The van der Waals surface area contributed by atoms with Crippen LogP contribution in [0.5, 0.6) is 0 Å². The highest BCUT2D eigenvalue weighted by molar-refractivity contribution is 9.10. The van der Waals surface area contributed by atoms with Crippen LogP contribution in [0.2, 0.25) is 0 Å². The molecule has 0 aliphatic rings. The Hall–Kier alpha value is -13.8. The molecule has 1 N–H and O–H groups in total. The average Bonchev–Trinajstić information content (AvgIpc) is 1.74. The van der Waals surface area contributed by atoms with Gasteiger partial charge in [-0.05, 0) is 230 Å². The van der Waals surface area contributed by atoms with Crippen molar-refractivity contribution in [2.24, 2.45) is 0 Å². The third kappa shape index (κ3) is 11.8. The monoisotopic (exact) mass is 1450 g/mol. The van der Waals surface area contributed by atoms with E-state index in [1.807, 2.05) is 18.2 Å². The van der Waals surface area contributed by atoms with Gasteiger partial charge in [0, 0.05) is 65.8 Å². The van der Waals surface area contributed by atoms with Gasteiger partial charge in [0.05, 0.1) is 22.1 Å². The molecule has 4 nitrogen and oxygen atoms in total. The topological polar surface area (TPSA) is 25.1 Å². The van der Waals surface area contributed by atoms with E-state index in [1.165, 1.54) is 158 Å². The van der Waals surface area contributed by atoms with Gasteiger partial charge in [-0.15, -0.1) is 0 Å². The first-order valence-corrected chi connectivity index (χ1v) is 38.0. The summed E-state index contributed by atoms with van der Waals surface area (Å²) >= 11 is 3.64. The van der Waals surface area contributed by atoms with Gasteiger partial charge in [0.2, 0.25) is 0 Å². The number of nitrogens with one attached hydrogen (secondary N) is 1. The predicted molar refractivity (Wildman–Crippen MR) is 471 cm³/mol. The van der Waals surface area contributed by atoms with Crippen LogP contribution in [0.4, 0.5) is 28.4 Å². The van der Waals surface area contributed by atoms with E-state index in [0.29, 0.717) is 0 Å². The lowest BCUT2D eigenvalue weighted by atomic mass is 9.94. The second-order valence-electron chi connectivity index (χ2n) is 28.1. The Labute approximate surface area is 639 Å². The summed E-state index contributed by atoms with van der Waals surface area (Å²) in [6, 6.07) is 149. The van der Waals surface area contributed by atoms with Gasteiger partial charge in [-0.25, -0.2) is 0 Å². The fourth-order valence-electron chi connectivity index (χ4n) is 16.7. The van der Waals surface area contributed by atoms with Crippen LogP contribution in [0.1, 0.15) is 0 Å². The van der Waals surface area contributed by atoms with E-state index in [9.17, 15) is 0 Å². The second kappa shape index (κ2) is 27.6. The summed E-state index contributed by atoms with van der Waals surface area (Å²) in [4.78, 5) is 2.40. The summed E-state index contributed by atoms with van der Waals surface area (Å²) in [6.07, 6.45) is 0. The van der Waals surface area contributed by atoms with E-state index in [2.05, 4.69) is 430 Å². The largest absolute Gasteiger partial charge is 0.356 e. The van der Waals surface area contributed by atoms with Crippen LogP contribution in [-0.4, -0.2) is 9.13 Å². The standard InChI is InChI=1S/C52H34N2.C28H18BrN.C24H17N/c1-2-14-39(15-3-1)53(41-28-30-47-45-18-7-6-16-43(45)44-17-8-9-19-46(44)50(47)33-41)42-29-31-49-48-20-10-11-21-51(48)54(52(49)34-42)40-26-24-36(25-27-40)38-23-22-35-12-4-5-13-37(35)32-38;29-23-13-16-26-25-7-3-4-8-27(25)30(28(26)18-23)24-14-11-20(12-15-24)22-10-9-19-5-1-2-6-21(19)17-22;1-2-8-17(9-3-1)25-18-14-15-23-21-12-5-4-10-19(21)20-11-6-7-13-22(20)24(23)16-18/h1-34H;1-18H;1-16,25H. The predicted octanol–water partition coefficient (Wildman–Crippen LogP) is 29.8. The molecule has 22 rings (SSSR count). The summed E-state index contributed by atoms with van der Waals surface area (Å²) in [5.41, 5.74) is 17.6. The van der Waals surface area contributed by atoms with Crippen molar-refractivity contribution in [2.75, 3.05) is 10.2 Å². The average molecular weight is 1450 g/mol. The van der Waals surface area contributed by atoms with Gasteiger partial charge < -0.3 is 19.4 Å². The van der Waals surface area contributed by atoms with E-state index in [0.717, 1.165) is 38.6 Å². The summed E-state index contributed by atoms with van der Waals surface area (Å²) in [6.45, 7) is 0. The van der Waals surface area contributed by atoms with Gasteiger partial charge >= 0.3 is 0 Å². The van der Waals surface area contributed by atoms with Crippen molar-refractivity contribution < 1.29 is 0 Å². The third-order valence-electron chi connectivity index (χ3n) is 21.8. The molecule has 0 unspecified atom stereocenters. The molecule has 0 aliphatic carbocycles. The zero-order chi connectivity index (χ0) is 72.3. The van der Waals surface area contributed by atoms with Crippen LogP contribution in [-0.2, 0) is 0 Å². The first-order valence-electron chi connectivity index (χ1n) is 37.2. The molecule has 0 atom stereocenters. The van der Waals surface area contributed by atoms with E-state index < -0.39 is 0 Å². The smallest absolute Gasteiger partial charge is 0.0561 e. The summed E-state index contributed by atoms with van der Waals surface area (Å²) < 4.78 is 5.85. The summed E-state index contributed by atoms with van der Waals surface area (Å²) in [5, 5.41) is 29.0. The Kier molecular flexibility index (Phi) is 16.4. The number of nitrogens with zero attached hydrogens (tertiary/aromatic N) is 3. The van der Waals surface area contributed by atoms with Crippen molar-refractivity contribution >= 4 is 174 Å². The minimum Gasteiger partial charge on any atom is -0.356 e. The van der Waals surface area contributed by atoms with Crippen LogP contribution in [0.3, 0.4) is 0 Å². The molecule has 0 radical (unpaired) electrons.